The molecule has 1 aromatic carbocycles. The minimum Gasteiger partial charge on any atom is -0.394 e. The molecule has 7 nitrogen and oxygen atoms in total. The molecule has 11 heteroatoms. The number of rotatable bonds is 7. The molecule has 1 amide bonds. The van der Waals surface area contributed by atoms with Crippen LogP contribution in [-0.4, -0.2) is 37.9 Å². The number of aliphatic hydroxyl groups excluding tert-OH is 1. The second-order valence-electron chi connectivity index (χ2n) is 9.11. The van der Waals surface area contributed by atoms with E-state index >= 15 is 0 Å². The molecule has 0 aliphatic heterocycles. The van der Waals surface area contributed by atoms with E-state index in [9.17, 15) is 32.3 Å². The molecule has 0 aliphatic carbocycles. The van der Waals surface area contributed by atoms with E-state index in [0.29, 0.717) is 5.56 Å². The van der Waals surface area contributed by atoms with Crippen molar-refractivity contribution in [1.29, 1.82) is 0 Å². The third-order valence-electron chi connectivity index (χ3n) is 5.88. The zero-order chi connectivity index (χ0) is 27.0. The monoisotopic (exact) mass is 514 g/mol. The average Bonchev–Trinajstić information content (AvgIpc) is 3.25. The summed E-state index contributed by atoms with van der Waals surface area (Å²) in [4.78, 5) is 33.7. The Morgan fingerprint density at radius 1 is 1.03 bits per heavy atom. The number of halogens is 4. The SMILES string of the molecule is CC(C)(CO)n1cc(C(=O)c2cncc(NC(=O)Cc3ccc(C(F)(F)F)cc3)c2)c2cncc(F)c21. The standard InChI is InChI=1S/C26H22F4N4O3/c1-25(2,14-35)34-13-20(19-11-32-12-21(27)23(19)34)24(37)16-8-18(10-31-9-16)33-22(36)7-15-3-5-17(6-4-15)26(28,29)30/h3-6,8-13,35H,7,14H2,1-2H3,(H,33,36). The lowest BCUT2D eigenvalue weighted by Gasteiger charge is -2.25. The first-order chi connectivity index (χ1) is 17.4. The number of nitrogens with zero attached hydrogens (tertiary/aromatic N) is 3. The van der Waals surface area contributed by atoms with Gasteiger partial charge in [-0.1, -0.05) is 12.1 Å². The van der Waals surface area contributed by atoms with Gasteiger partial charge >= 0.3 is 6.18 Å². The highest BCUT2D eigenvalue weighted by Gasteiger charge is 2.30. The third kappa shape index (κ3) is 5.36. The van der Waals surface area contributed by atoms with Gasteiger partial charge in [-0.05, 0) is 37.6 Å². The van der Waals surface area contributed by atoms with Crippen LogP contribution in [0.1, 0.15) is 40.9 Å². The van der Waals surface area contributed by atoms with Crippen LogP contribution in [0.4, 0.5) is 23.2 Å². The number of aromatic nitrogens is 3. The number of benzene rings is 1. The number of hydrogen-bond acceptors (Lipinski definition) is 5. The minimum absolute atomic E-state index is 0.109. The van der Waals surface area contributed by atoms with Gasteiger partial charge in [0, 0.05) is 35.1 Å². The highest BCUT2D eigenvalue weighted by Crippen LogP contribution is 2.31. The van der Waals surface area contributed by atoms with Crippen LogP contribution in [-0.2, 0) is 22.9 Å². The number of ketones is 1. The predicted octanol–water partition coefficient (Wildman–Crippen LogP) is 4.73. The Morgan fingerprint density at radius 2 is 1.70 bits per heavy atom. The maximum atomic E-state index is 14.7. The smallest absolute Gasteiger partial charge is 0.394 e. The number of carbonyl (C=O) groups excluding carboxylic acids is 2. The summed E-state index contributed by atoms with van der Waals surface area (Å²) in [5.41, 5.74) is -0.787. The molecule has 4 rings (SSSR count). The predicted molar refractivity (Wildman–Crippen MR) is 128 cm³/mol. The van der Waals surface area contributed by atoms with Gasteiger partial charge in [0.2, 0.25) is 5.91 Å². The maximum Gasteiger partial charge on any atom is 0.416 e. The normalized spacial score (nSPS) is 12.1. The summed E-state index contributed by atoms with van der Waals surface area (Å²) in [7, 11) is 0. The summed E-state index contributed by atoms with van der Waals surface area (Å²) in [5, 5.41) is 12.6. The molecule has 0 spiro atoms. The Morgan fingerprint density at radius 3 is 2.35 bits per heavy atom. The topological polar surface area (TPSA) is 97.1 Å². The van der Waals surface area contributed by atoms with Crippen molar-refractivity contribution >= 4 is 28.3 Å². The van der Waals surface area contributed by atoms with E-state index in [0.717, 1.165) is 18.3 Å². The second-order valence-corrected chi connectivity index (χ2v) is 9.11. The minimum atomic E-state index is -4.47. The van der Waals surface area contributed by atoms with Gasteiger partial charge in [0.1, 0.15) is 0 Å². The molecule has 3 aromatic heterocycles. The summed E-state index contributed by atoms with van der Waals surface area (Å²) in [6.07, 6.45) is 1.78. The fraction of sp³-hybridized carbons (Fsp3) is 0.231. The van der Waals surface area contributed by atoms with Crippen LogP contribution in [0.3, 0.4) is 0 Å². The van der Waals surface area contributed by atoms with Crippen molar-refractivity contribution in [3.05, 3.63) is 89.4 Å². The van der Waals surface area contributed by atoms with Crippen LogP contribution < -0.4 is 5.32 Å². The molecule has 0 aliphatic rings. The van der Waals surface area contributed by atoms with Crippen molar-refractivity contribution in [3.8, 4) is 0 Å². The van der Waals surface area contributed by atoms with Crippen molar-refractivity contribution in [2.24, 2.45) is 0 Å². The molecule has 0 saturated heterocycles. The van der Waals surface area contributed by atoms with E-state index < -0.39 is 34.8 Å². The summed E-state index contributed by atoms with van der Waals surface area (Å²) < 4.78 is 54.3. The molecule has 0 fully saturated rings. The molecule has 0 radical (unpaired) electrons. The van der Waals surface area contributed by atoms with Gasteiger partial charge < -0.3 is 15.0 Å². The van der Waals surface area contributed by atoms with Gasteiger partial charge in [0.15, 0.2) is 11.6 Å². The van der Waals surface area contributed by atoms with Crippen LogP contribution in [0.5, 0.6) is 0 Å². The number of nitrogens with one attached hydrogen (secondary N) is 1. The maximum absolute atomic E-state index is 14.7. The summed E-state index contributed by atoms with van der Waals surface area (Å²) in [5.74, 6) is -1.67. The molecular formula is C26H22F4N4O3. The Labute approximate surface area is 208 Å². The third-order valence-corrected chi connectivity index (χ3v) is 5.88. The van der Waals surface area contributed by atoms with Crippen molar-refractivity contribution in [2.75, 3.05) is 11.9 Å². The Kier molecular flexibility index (Phi) is 6.83. The number of alkyl halides is 3. The number of fused-ring (bicyclic) bond motifs is 1. The van der Waals surface area contributed by atoms with Crippen LogP contribution in [0.15, 0.2) is 61.3 Å². The molecule has 3 heterocycles. The molecule has 192 valence electrons. The highest BCUT2D eigenvalue weighted by molar-refractivity contribution is 6.16. The van der Waals surface area contributed by atoms with E-state index in [4.69, 9.17) is 0 Å². The summed E-state index contributed by atoms with van der Waals surface area (Å²) >= 11 is 0. The van der Waals surface area contributed by atoms with Crippen molar-refractivity contribution in [2.45, 2.75) is 32.0 Å². The summed E-state index contributed by atoms with van der Waals surface area (Å²) in [6, 6.07) is 5.63. The van der Waals surface area contributed by atoms with Crippen LogP contribution in [0, 0.1) is 5.82 Å². The largest absolute Gasteiger partial charge is 0.416 e. The lowest BCUT2D eigenvalue weighted by Crippen LogP contribution is -2.30. The van der Waals surface area contributed by atoms with E-state index in [1.165, 1.54) is 47.6 Å². The van der Waals surface area contributed by atoms with Gasteiger partial charge in [-0.2, -0.15) is 13.2 Å². The first-order valence-corrected chi connectivity index (χ1v) is 11.1. The number of aliphatic hydroxyl groups is 1. The molecular weight excluding hydrogens is 492 g/mol. The van der Waals surface area contributed by atoms with E-state index in [-0.39, 0.29) is 40.7 Å². The van der Waals surface area contributed by atoms with Crippen LogP contribution >= 0.6 is 0 Å². The van der Waals surface area contributed by atoms with E-state index in [2.05, 4.69) is 15.3 Å². The lowest BCUT2D eigenvalue weighted by atomic mass is 10.0. The first-order valence-electron chi connectivity index (χ1n) is 11.1. The molecule has 37 heavy (non-hydrogen) atoms. The molecule has 0 unspecified atom stereocenters. The fourth-order valence-electron chi connectivity index (χ4n) is 3.86. The van der Waals surface area contributed by atoms with Gasteiger partial charge in [0.25, 0.3) is 0 Å². The van der Waals surface area contributed by atoms with Gasteiger partial charge in [-0.25, -0.2) is 4.39 Å². The Bertz CT molecular complexity index is 1480. The number of anilines is 1. The number of hydrogen-bond donors (Lipinski definition) is 2. The quantitative estimate of drug-likeness (QED) is 0.275. The van der Waals surface area contributed by atoms with Gasteiger partial charge in [-0.15, -0.1) is 0 Å². The number of amides is 1. The fourth-order valence-corrected chi connectivity index (χ4v) is 3.86. The number of pyridine rings is 2. The molecule has 0 saturated carbocycles. The second kappa shape index (κ2) is 9.74. The Balaban J connectivity index is 1.57. The van der Waals surface area contributed by atoms with E-state index in [1.54, 1.807) is 13.8 Å². The van der Waals surface area contributed by atoms with Crippen LogP contribution in [0.25, 0.3) is 10.9 Å². The van der Waals surface area contributed by atoms with E-state index in [1.807, 2.05) is 0 Å². The molecule has 0 atom stereocenters. The molecule has 4 aromatic rings. The van der Waals surface area contributed by atoms with Crippen LogP contribution in [0.2, 0.25) is 0 Å². The molecule has 2 N–H and O–H groups in total. The molecule has 0 bridgehead atoms. The van der Waals surface area contributed by atoms with Crippen molar-refractivity contribution in [3.63, 3.8) is 0 Å². The Hall–Kier alpha value is -4.12. The average molecular weight is 514 g/mol. The van der Waals surface area contributed by atoms with Gasteiger partial charge in [0.05, 0.1) is 47.7 Å². The highest BCUT2D eigenvalue weighted by atomic mass is 19.4. The van der Waals surface area contributed by atoms with Gasteiger partial charge in [-0.3, -0.25) is 19.6 Å². The number of carbonyl (C=O) groups is 2. The van der Waals surface area contributed by atoms with Crippen molar-refractivity contribution in [1.82, 2.24) is 14.5 Å². The summed E-state index contributed by atoms with van der Waals surface area (Å²) in [6.45, 7) is 3.07. The zero-order valence-electron chi connectivity index (χ0n) is 19.8. The lowest BCUT2D eigenvalue weighted by molar-refractivity contribution is -0.137. The first kappa shape index (κ1) is 26.0. The van der Waals surface area contributed by atoms with Crippen molar-refractivity contribution < 1.29 is 32.3 Å². The zero-order valence-corrected chi connectivity index (χ0v) is 19.8.